The fraction of sp³-hybridized carbons (Fsp3) is 0.389. The quantitative estimate of drug-likeness (QED) is 0.201. The topological polar surface area (TPSA) is 123 Å². The molecule has 0 fully saturated rings. The average Bonchev–Trinajstić information content (AvgIpc) is 3.01. The highest BCUT2D eigenvalue weighted by Gasteiger charge is 2.29. The van der Waals surface area contributed by atoms with Gasteiger partial charge in [0.2, 0.25) is 11.8 Å². The molecular formula is C36H45N3O6. The van der Waals surface area contributed by atoms with Crippen molar-refractivity contribution in [3.8, 4) is 11.1 Å². The number of ether oxygens (including phenoxy) is 2. The molecule has 1 unspecified atom stereocenters. The molecule has 0 aliphatic heterocycles. The lowest BCUT2D eigenvalue weighted by Gasteiger charge is -2.23. The van der Waals surface area contributed by atoms with Crippen LogP contribution in [-0.4, -0.2) is 36.6 Å². The van der Waals surface area contributed by atoms with Gasteiger partial charge in [0.1, 0.15) is 11.6 Å². The van der Waals surface area contributed by atoms with Crippen LogP contribution in [0.15, 0.2) is 78.9 Å². The minimum atomic E-state index is -0.980. The number of benzene rings is 3. The second-order valence-electron chi connectivity index (χ2n) is 12.4. The number of hydrogen-bond acceptors (Lipinski definition) is 6. The van der Waals surface area contributed by atoms with Gasteiger partial charge in [-0.05, 0) is 60.9 Å². The zero-order chi connectivity index (χ0) is 33.0. The molecule has 3 aromatic rings. The Hall–Kier alpha value is -4.66. The number of carbonyl (C=O) groups excluding carboxylic acids is 4. The van der Waals surface area contributed by atoms with E-state index in [-0.39, 0.29) is 30.7 Å². The normalized spacial score (nSPS) is 12.5. The van der Waals surface area contributed by atoms with E-state index in [1.54, 1.807) is 20.8 Å². The number of amides is 3. The largest absolute Gasteiger partial charge is 0.469 e. The van der Waals surface area contributed by atoms with Crippen LogP contribution in [-0.2, 0) is 36.9 Å². The van der Waals surface area contributed by atoms with Gasteiger partial charge in [-0.2, -0.15) is 0 Å². The van der Waals surface area contributed by atoms with E-state index in [1.807, 2.05) is 92.7 Å². The summed E-state index contributed by atoms with van der Waals surface area (Å²) in [5, 5.41) is 8.57. The Bertz CT molecular complexity index is 1410. The fourth-order valence-electron chi connectivity index (χ4n) is 4.75. The van der Waals surface area contributed by atoms with Gasteiger partial charge >= 0.3 is 12.1 Å². The number of esters is 1. The summed E-state index contributed by atoms with van der Waals surface area (Å²) >= 11 is 0. The molecular weight excluding hydrogens is 570 g/mol. The van der Waals surface area contributed by atoms with E-state index in [9.17, 15) is 19.2 Å². The fourth-order valence-corrected chi connectivity index (χ4v) is 4.75. The van der Waals surface area contributed by atoms with Crippen LogP contribution in [0.4, 0.5) is 4.79 Å². The molecule has 9 nitrogen and oxygen atoms in total. The minimum absolute atomic E-state index is 0.0725. The molecule has 0 spiro atoms. The van der Waals surface area contributed by atoms with Crippen molar-refractivity contribution in [2.24, 2.45) is 11.8 Å². The Morgan fingerprint density at radius 1 is 0.733 bits per heavy atom. The third-order valence-corrected chi connectivity index (χ3v) is 6.99. The molecule has 45 heavy (non-hydrogen) atoms. The lowest BCUT2D eigenvalue weighted by atomic mass is 9.92. The van der Waals surface area contributed by atoms with E-state index >= 15 is 0 Å². The zero-order valence-corrected chi connectivity index (χ0v) is 27.0. The van der Waals surface area contributed by atoms with Crippen molar-refractivity contribution in [2.45, 2.75) is 72.2 Å². The Morgan fingerprint density at radius 3 is 1.82 bits per heavy atom. The highest BCUT2D eigenvalue weighted by molar-refractivity contribution is 5.91. The van der Waals surface area contributed by atoms with Gasteiger partial charge in [0.05, 0.1) is 13.5 Å². The highest BCUT2D eigenvalue weighted by Crippen LogP contribution is 2.24. The van der Waals surface area contributed by atoms with E-state index in [0.717, 1.165) is 22.3 Å². The molecule has 0 radical (unpaired) electrons. The minimum Gasteiger partial charge on any atom is -0.469 e. The predicted octanol–water partition coefficient (Wildman–Crippen LogP) is 6.08. The Balaban J connectivity index is 1.74. The molecule has 2 atom stereocenters. The second-order valence-corrected chi connectivity index (χ2v) is 12.4. The summed E-state index contributed by atoms with van der Waals surface area (Å²) < 4.78 is 10.1. The van der Waals surface area contributed by atoms with E-state index in [4.69, 9.17) is 9.47 Å². The molecule has 240 valence electrons. The van der Waals surface area contributed by atoms with Crippen LogP contribution < -0.4 is 16.0 Å². The molecule has 0 aliphatic carbocycles. The summed E-state index contributed by atoms with van der Waals surface area (Å²) in [6, 6.07) is 23.8. The van der Waals surface area contributed by atoms with Crippen LogP contribution in [0.2, 0.25) is 0 Å². The number of alkyl carbamates (subject to hydrolysis) is 1. The highest BCUT2D eigenvalue weighted by atomic mass is 16.6. The van der Waals surface area contributed by atoms with E-state index in [1.165, 1.54) is 7.11 Å². The van der Waals surface area contributed by atoms with Crippen LogP contribution in [0, 0.1) is 11.8 Å². The van der Waals surface area contributed by atoms with Crippen molar-refractivity contribution in [3.05, 3.63) is 95.6 Å². The molecule has 0 aliphatic rings. The number of rotatable bonds is 13. The maximum Gasteiger partial charge on any atom is 0.407 e. The number of methoxy groups -OCH3 is 1. The average molecular weight is 616 g/mol. The molecule has 3 amide bonds. The lowest BCUT2D eigenvalue weighted by molar-refractivity contribution is -0.144. The third-order valence-electron chi connectivity index (χ3n) is 6.99. The lowest BCUT2D eigenvalue weighted by Crippen LogP contribution is -2.43. The van der Waals surface area contributed by atoms with Crippen molar-refractivity contribution in [2.75, 3.05) is 7.11 Å². The predicted molar refractivity (Wildman–Crippen MR) is 174 cm³/mol. The standard InChI is InChI=1S/C36H45N3O6/c1-24(2)20-30(21-31(40)44-6)33(41)39-32(29-18-16-28(17-19-29)27-10-8-7-9-11-27)34(42)37-22-25-12-14-26(15-13-25)23-38-35(43)45-36(3,4)5/h7-19,24,30,32H,20-23H2,1-6H3,(H,37,42)(H,38,43)(H,39,41)/t30-,32?/m1/s1. The first-order valence-electron chi connectivity index (χ1n) is 15.2. The first kappa shape index (κ1) is 34.8. The van der Waals surface area contributed by atoms with Gasteiger partial charge in [0, 0.05) is 19.0 Å². The summed E-state index contributed by atoms with van der Waals surface area (Å²) in [6.45, 7) is 9.89. The van der Waals surface area contributed by atoms with Gasteiger partial charge in [-0.1, -0.05) is 92.7 Å². The van der Waals surface area contributed by atoms with Gasteiger partial charge in [-0.25, -0.2) is 4.79 Å². The molecule has 0 aromatic heterocycles. The van der Waals surface area contributed by atoms with Crippen molar-refractivity contribution < 1.29 is 28.7 Å². The van der Waals surface area contributed by atoms with Crippen LogP contribution in [0.3, 0.4) is 0 Å². The van der Waals surface area contributed by atoms with E-state index < -0.39 is 29.6 Å². The van der Waals surface area contributed by atoms with Crippen LogP contribution >= 0.6 is 0 Å². The van der Waals surface area contributed by atoms with Crippen molar-refractivity contribution in [3.63, 3.8) is 0 Å². The molecule has 0 bridgehead atoms. The molecule has 3 rings (SSSR count). The van der Waals surface area contributed by atoms with E-state index in [0.29, 0.717) is 18.5 Å². The van der Waals surface area contributed by atoms with Crippen molar-refractivity contribution in [1.82, 2.24) is 16.0 Å². The third kappa shape index (κ3) is 11.7. The molecule has 0 saturated heterocycles. The van der Waals surface area contributed by atoms with Crippen LogP contribution in [0.1, 0.15) is 70.2 Å². The van der Waals surface area contributed by atoms with Crippen molar-refractivity contribution >= 4 is 23.9 Å². The van der Waals surface area contributed by atoms with Gasteiger partial charge in [0.25, 0.3) is 0 Å². The monoisotopic (exact) mass is 615 g/mol. The SMILES string of the molecule is COC(=O)C[C@@H](CC(C)C)C(=O)NC(C(=O)NCc1ccc(CNC(=O)OC(C)(C)C)cc1)c1ccc(-c2ccccc2)cc1. The van der Waals surface area contributed by atoms with Gasteiger partial charge in [-0.3, -0.25) is 14.4 Å². The summed E-state index contributed by atoms with van der Waals surface area (Å²) in [5.74, 6) is -1.73. The first-order valence-corrected chi connectivity index (χ1v) is 15.2. The van der Waals surface area contributed by atoms with Gasteiger partial charge in [-0.15, -0.1) is 0 Å². The van der Waals surface area contributed by atoms with Gasteiger partial charge < -0.3 is 25.4 Å². The number of carbonyl (C=O) groups is 4. The molecule has 3 aromatic carbocycles. The molecule has 3 N–H and O–H groups in total. The van der Waals surface area contributed by atoms with E-state index in [2.05, 4.69) is 16.0 Å². The Labute approximate surface area is 266 Å². The van der Waals surface area contributed by atoms with Crippen LogP contribution in [0.25, 0.3) is 11.1 Å². The summed E-state index contributed by atoms with van der Waals surface area (Å²) in [6.07, 6.45) is -0.0974. The first-order chi connectivity index (χ1) is 21.3. The maximum atomic E-state index is 13.6. The summed E-state index contributed by atoms with van der Waals surface area (Å²) in [4.78, 5) is 51.1. The molecule has 0 saturated carbocycles. The molecule has 0 heterocycles. The zero-order valence-electron chi connectivity index (χ0n) is 27.0. The van der Waals surface area contributed by atoms with Crippen molar-refractivity contribution in [1.29, 1.82) is 0 Å². The Kier molecular flexibility index (Phi) is 12.7. The smallest absolute Gasteiger partial charge is 0.407 e. The summed E-state index contributed by atoms with van der Waals surface area (Å²) in [7, 11) is 1.29. The second kappa shape index (κ2) is 16.4. The number of nitrogens with one attached hydrogen (secondary N) is 3. The maximum absolute atomic E-state index is 13.6. The number of hydrogen-bond donors (Lipinski definition) is 3. The van der Waals surface area contributed by atoms with Gasteiger partial charge in [0.15, 0.2) is 0 Å². The summed E-state index contributed by atoms with van der Waals surface area (Å²) in [5.41, 5.74) is 3.77. The van der Waals surface area contributed by atoms with Crippen LogP contribution in [0.5, 0.6) is 0 Å². The Morgan fingerprint density at radius 2 is 1.29 bits per heavy atom. The molecule has 9 heteroatoms.